The van der Waals surface area contributed by atoms with E-state index in [0.29, 0.717) is 18.1 Å². The third-order valence-electron chi connectivity index (χ3n) is 5.54. The summed E-state index contributed by atoms with van der Waals surface area (Å²) in [5.74, 6) is -0.362. The summed E-state index contributed by atoms with van der Waals surface area (Å²) in [5, 5.41) is 0.648. The number of nitrogens with zero attached hydrogens (tertiary/aromatic N) is 1. The Bertz CT molecular complexity index is 759. The molecular weight excluding hydrogens is 377 g/mol. The number of carbonyl (C=O) groups excluding carboxylic acids is 1. The van der Waals surface area contributed by atoms with Crippen LogP contribution in [0.1, 0.15) is 50.2 Å². The SMILES string of the molecule is CN(C(=O)C[C@@H](c1ccc(F)cc1)c1ccc(Cl)cc1)[C@H]1CCOC(C)(C)C1. The van der Waals surface area contributed by atoms with E-state index in [1.807, 2.05) is 36.2 Å². The van der Waals surface area contributed by atoms with E-state index in [1.54, 1.807) is 12.1 Å². The Morgan fingerprint density at radius 2 is 1.75 bits per heavy atom. The van der Waals surface area contributed by atoms with Gasteiger partial charge in [-0.25, -0.2) is 4.39 Å². The molecule has 0 aliphatic carbocycles. The van der Waals surface area contributed by atoms with Crippen LogP contribution in [0.3, 0.4) is 0 Å². The van der Waals surface area contributed by atoms with Gasteiger partial charge < -0.3 is 9.64 Å². The van der Waals surface area contributed by atoms with Crippen molar-refractivity contribution in [2.75, 3.05) is 13.7 Å². The number of ether oxygens (including phenoxy) is 1. The lowest BCUT2D eigenvalue weighted by Gasteiger charge is -2.40. The van der Waals surface area contributed by atoms with E-state index < -0.39 is 0 Å². The van der Waals surface area contributed by atoms with Crippen LogP contribution in [-0.2, 0) is 9.53 Å². The quantitative estimate of drug-likeness (QED) is 0.667. The van der Waals surface area contributed by atoms with Crippen molar-refractivity contribution in [3.05, 3.63) is 70.5 Å². The number of benzene rings is 2. The molecule has 0 saturated carbocycles. The van der Waals surface area contributed by atoms with Crippen molar-refractivity contribution in [1.29, 1.82) is 0 Å². The molecule has 3 nitrogen and oxygen atoms in total. The van der Waals surface area contributed by atoms with Crippen LogP contribution in [0.4, 0.5) is 4.39 Å². The van der Waals surface area contributed by atoms with Gasteiger partial charge in [-0.3, -0.25) is 4.79 Å². The van der Waals surface area contributed by atoms with Crippen molar-refractivity contribution in [2.24, 2.45) is 0 Å². The smallest absolute Gasteiger partial charge is 0.223 e. The van der Waals surface area contributed by atoms with Crippen molar-refractivity contribution < 1.29 is 13.9 Å². The largest absolute Gasteiger partial charge is 0.375 e. The van der Waals surface area contributed by atoms with Crippen molar-refractivity contribution in [3.8, 4) is 0 Å². The fourth-order valence-electron chi connectivity index (χ4n) is 3.87. The number of halogens is 2. The van der Waals surface area contributed by atoms with Crippen molar-refractivity contribution in [1.82, 2.24) is 4.90 Å². The molecule has 1 amide bonds. The summed E-state index contributed by atoms with van der Waals surface area (Å²) in [5.41, 5.74) is 1.69. The first-order chi connectivity index (χ1) is 13.2. The van der Waals surface area contributed by atoms with Gasteiger partial charge in [0.2, 0.25) is 5.91 Å². The molecule has 0 N–H and O–H groups in total. The van der Waals surface area contributed by atoms with E-state index in [4.69, 9.17) is 16.3 Å². The lowest BCUT2D eigenvalue weighted by atomic mass is 9.87. The number of hydrogen-bond acceptors (Lipinski definition) is 2. The second kappa shape index (κ2) is 8.62. The summed E-state index contributed by atoms with van der Waals surface area (Å²) < 4.78 is 19.2. The van der Waals surface area contributed by atoms with Gasteiger partial charge in [0, 0.05) is 37.1 Å². The van der Waals surface area contributed by atoms with Crippen LogP contribution in [0.2, 0.25) is 5.02 Å². The zero-order valence-electron chi connectivity index (χ0n) is 16.6. The molecule has 1 heterocycles. The number of amides is 1. The summed E-state index contributed by atoms with van der Waals surface area (Å²) in [6.07, 6.45) is 1.98. The van der Waals surface area contributed by atoms with Gasteiger partial charge in [0.15, 0.2) is 0 Å². The van der Waals surface area contributed by atoms with Crippen molar-refractivity contribution in [2.45, 2.75) is 50.7 Å². The normalized spacial score (nSPS) is 19.8. The third-order valence-corrected chi connectivity index (χ3v) is 5.79. The maximum absolute atomic E-state index is 13.4. The van der Waals surface area contributed by atoms with Crippen LogP contribution in [0.5, 0.6) is 0 Å². The highest BCUT2D eigenvalue weighted by molar-refractivity contribution is 6.30. The van der Waals surface area contributed by atoms with E-state index in [1.165, 1.54) is 12.1 Å². The monoisotopic (exact) mass is 403 g/mol. The topological polar surface area (TPSA) is 29.5 Å². The van der Waals surface area contributed by atoms with Gasteiger partial charge in [0.25, 0.3) is 0 Å². The van der Waals surface area contributed by atoms with Gasteiger partial charge >= 0.3 is 0 Å². The minimum Gasteiger partial charge on any atom is -0.375 e. The Kier molecular flexibility index (Phi) is 6.41. The highest BCUT2D eigenvalue weighted by Gasteiger charge is 2.33. The molecule has 2 atom stereocenters. The molecule has 0 bridgehead atoms. The molecule has 3 rings (SSSR count). The molecule has 1 aliphatic rings. The summed E-state index contributed by atoms with van der Waals surface area (Å²) in [6.45, 7) is 4.78. The van der Waals surface area contributed by atoms with Crippen LogP contribution in [0.25, 0.3) is 0 Å². The minimum absolute atomic E-state index is 0.0759. The molecule has 0 aromatic heterocycles. The van der Waals surface area contributed by atoms with Gasteiger partial charge in [0.05, 0.1) is 5.60 Å². The average molecular weight is 404 g/mol. The molecule has 0 unspecified atom stereocenters. The average Bonchev–Trinajstić information content (AvgIpc) is 2.66. The molecule has 2 aromatic carbocycles. The number of rotatable bonds is 5. The highest BCUT2D eigenvalue weighted by atomic mass is 35.5. The van der Waals surface area contributed by atoms with E-state index in [9.17, 15) is 9.18 Å². The highest BCUT2D eigenvalue weighted by Crippen LogP contribution is 2.32. The Labute approximate surface area is 171 Å². The van der Waals surface area contributed by atoms with Crippen LogP contribution in [0.15, 0.2) is 48.5 Å². The Hall–Kier alpha value is -1.91. The van der Waals surface area contributed by atoms with Crippen LogP contribution in [0, 0.1) is 5.82 Å². The van der Waals surface area contributed by atoms with Gasteiger partial charge in [0.1, 0.15) is 5.82 Å². The second-order valence-electron chi connectivity index (χ2n) is 8.12. The van der Waals surface area contributed by atoms with Gasteiger partial charge in [-0.1, -0.05) is 35.9 Å². The zero-order chi connectivity index (χ0) is 20.3. The van der Waals surface area contributed by atoms with Crippen molar-refractivity contribution >= 4 is 17.5 Å². The third kappa shape index (κ3) is 5.12. The fourth-order valence-corrected chi connectivity index (χ4v) is 4.00. The maximum Gasteiger partial charge on any atom is 0.223 e. The van der Waals surface area contributed by atoms with Gasteiger partial charge in [-0.15, -0.1) is 0 Å². The summed E-state index contributed by atoms with van der Waals surface area (Å²) in [6, 6.07) is 14.0. The molecule has 5 heteroatoms. The lowest BCUT2D eigenvalue weighted by molar-refractivity contribution is -0.138. The van der Waals surface area contributed by atoms with Gasteiger partial charge in [-0.2, -0.15) is 0 Å². The second-order valence-corrected chi connectivity index (χ2v) is 8.56. The molecule has 28 heavy (non-hydrogen) atoms. The number of carbonyl (C=O) groups is 1. The summed E-state index contributed by atoms with van der Waals surface area (Å²) in [4.78, 5) is 15.0. The maximum atomic E-state index is 13.4. The van der Waals surface area contributed by atoms with Crippen LogP contribution >= 0.6 is 11.6 Å². The Morgan fingerprint density at radius 3 is 2.32 bits per heavy atom. The van der Waals surface area contributed by atoms with Gasteiger partial charge in [-0.05, 0) is 62.1 Å². The first-order valence-electron chi connectivity index (χ1n) is 9.66. The molecule has 150 valence electrons. The molecule has 0 radical (unpaired) electrons. The zero-order valence-corrected chi connectivity index (χ0v) is 17.4. The molecule has 1 fully saturated rings. The van der Waals surface area contributed by atoms with Crippen LogP contribution < -0.4 is 0 Å². The first-order valence-corrected chi connectivity index (χ1v) is 10.0. The Balaban J connectivity index is 1.81. The van der Waals surface area contributed by atoms with E-state index in [0.717, 1.165) is 24.0 Å². The molecular formula is C23H27ClFNO2. The Morgan fingerprint density at radius 1 is 1.18 bits per heavy atom. The first kappa shape index (κ1) is 20.8. The molecule has 2 aromatic rings. The molecule has 1 aliphatic heterocycles. The fraction of sp³-hybridized carbons (Fsp3) is 0.435. The minimum atomic E-state index is -0.286. The summed E-state index contributed by atoms with van der Waals surface area (Å²) in [7, 11) is 1.87. The molecule has 1 saturated heterocycles. The van der Waals surface area contributed by atoms with E-state index >= 15 is 0 Å². The van der Waals surface area contributed by atoms with E-state index in [-0.39, 0.29) is 29.3 Å². The van der Waals surface area contributed by atoms with Crippen LogP contribution in [-0.4, -0.2) is 36.1 Å². The predicted octanol–water partition coefficient (Wildman–Crippen LogP) is 5.42. The standard InChI is InChI=1S/C23H27ClFNO2/c1-23(2)15-20(12-13-28-23)26(3)22(27)14-21(16-4-8-18(24)9-5-16)17-6-10-19(25)11-7-17/h4-11,20-21H,12-15H2,1-3H3/t20-,21+/m0/s1. The van der Waals surface area contributed by atoms with E-state index in [2.05, 4.69) is 13.8 Å². The molecule has 0 spiro atoms. The van der Waals surface area contributed by atoms with Crippen molar-refractivity contribution in [3.63, 3.8) is 0 Å². The lowest BCUT2D eigenvalue weighted by Crippen LogP contribution is -2.47. The predicted molar refractivity (Wildman–Crippen MR) is 110 cm³/mol. The number of hydrogen-bond donors (Lipinski definition) is 0. The summed E-state index contributed by atoms with van der Waals surface area (Å²) >= 11 is 6.03.